The lowest BCUT2D eigenvalue weighted by atomic mass is 9.94. The minimum atomic E-state index is -0.287. The van der Waals surface area contributed by atoms with Crippen molar-refractivity contribution in [3.8, 4) is 0 Å². The number of amides is 1. The van der Waals surface area contributed by atoms with Crippen molar-refractivity contribution in [2.24, 2.45) is 23.5 Å². The quantitative estimate of drug-likeness (QED) is 0.743. The second-order valence-electron chi connectivity index (χ2n) is 4.80. The van der Waals surface area contributed by atoms with Gasteiger partial charge in [-0.15, -0.1) is 0 Å². The molecule has 1 aliphatic rings. The Bertz CT molecular complexity index is 265. The zero-order valence-corrected chi connectivity index (χ0v) is 10.5. The van der Waals surface area contributed by atoms with Crippen LogP contribution in [0.1, 0.15) is 27.2 Å². The van der Waals surface area contributed by atoms with Gasteiger partial charge in [0.25, 0.3) is 0 Å². The molecule has 2 N–H and O–H groups in total. The Kier molecular flexibility index (Phi) is 4.08. The molecule has 0 saturated carbocycles. The number of nitrogens with zero attached hydrogens (tertiary/aromatic N) is 1. The van der Waals surface area contributed by atoms with Gasteiger partial charge in [-0.05, 0) is 18.3 Å². The van der Waals surface area contributed by atoms with Crippen LogP contribution in [0.3, 0.4) is 0 Å². The molecule has 2 unspecified atom stereocenters. The van der Waals surface area contributed by atoms with E-state index in [9.17, 15) is 4.79 Å². The first-order valence-corrected chi connectivity index (χ1v) is 5.92. The molecule has 0 spiro atoms. The molecule has 86 valence electrons. The summed E-state index contributed by atoms with van der Waals surface area (Å²) < 4.78 is 0. The van der Waals surface area contributed by atoms with Crippen LogP contribution in [0.5, 0.6) is 0 Å². The number of carbonyl (C=O) groups excluding carboxylic acids is 1. The van der Waals surface area contributed by atoms with Crippen molar-refractivity contribution in [3.05, 3.63) is 0 Å². The third-order valence-electron chi connectivity index (χ3n) is 2.97. The Labute approximate surface area is 97.0 Å². The van der Waals surface area contributed by atoms with Gasteiger partial charge in [0, 0.05) is 13.1 Å². The van der Waals surface area contributed by atoms with Gasteiger partial charge < -0.3 is 10.6 Å². The van der Waals surface area contributed by atoms with Crippen LogP contribution in [-0.4, -0.2) is 28.9 Å². The first-order chi connectivity index (χ1) is 6.93. The van der Waals surface area contributed by atoms with Crippen molar-refractivity contribution < 1.29 is 4.79 Å². The SMILES string of the molecule is CC1CCN(C(=O)C(C(N)=S)C(C)C)C1. The van der Waals surface area contributed by atoms with Crippen LogP contribution in [0.25, 0.3) is 0 Å². The van der Waals surface area contributed by atoms with Gasteiger partial charge in [-0.2, -0.15) is 0 Å². The molecular weight excluding hydrogens is 208 g/mol. The average molecular weight is 228 g/mol. The lowest BCUT2D eigenvalue weighted by Gasteiger charge is -2.25. The van der Waals surface area contributed by atoms with Crippen LogP contribution in [0.15, 0.2) is 0 Å². The van der Waals surface area contributed by atoms with Gasteiger partial charge >= 0.3 is 0 Å². The summed E-state index contributed by atoms with van der Waals surface area (Å²) in [6.07, 6.45) is 1.09. The van der Waals surface area contributed by atoms with Crippen molar-refractivity contribution in [3.63, 3.8) is 0 Å². The third kappa shape index (κ3) is 2.91. The smallest absolute Gasteiger partial charge is 0.232 e. The van der Waals surface area contributed by atoms with Gasteiger partial charge in [0.05, 0.1) is 10.9 Å². The van der Waals surface area contributed by atoms with E-state index in [-0.39, 0.29) is 17.7 Å². The average Bonchev–Trinajstić information content (AvgIpc) is 2.50. The normalized spacial score (nSPS) is 23.2. The van der Waals surface area contributed by atoms with E-state index in [0.29, 0.717) is 10.9 Å². The molecule has 4 heteroatoms. The number of nitrogens with two attached hydrogens (primary N) is 1. The summed E-state index contributed by atoms with van der Waals surface area (Å²) in [5.41, 5.74) is 5.62. The van der Waals surface area contributed by atoms with Gasteiger partial charge in [0.15, 0.2) is 0 Å². The summed E-state index contributed by atoms with van der Waals surface area (Å²) in [5.74, 6) is 0.617. The minimum absolute atomic E-state index is 0.113. The predicted molar refractivity (Wildman–Crippen MR) is 65.5 cm³/mol. The number of likely N-dealkylation sites (tertiary alicyclic amines) is 1. The standard InChI is InChI=1S/C11H20N2OS/c1-7(2)9(10(12)15)11(14)13-5-4-8(3)6-13/h7-9H,4-6H2,1-3H3,(H2,12,15). The van der Waals surface area contributed by atoms with Gasteiger partial charge in [-0.1, -0.05) is 33.0 Å². The van der Waals surface area contributed by atoms with Crippen molar-refractivity contribution in [1.29, 1.82) is 0 Å². The summed E-state index contributed by atoms with van der Waals surface area (Å²) in [6.45, 7) is 7.84. The van der Waals surface area contributed by atoms with E-state index in [1.165, 1.54) is 0 Å². The van der Waals surface area contributed by atoms with Crippen LogP contribution >= 0.6 is 12.2 Å². The Morgan fingerprint density at radius 1 is 1.53 bits per heavy atom. The molecule has 1 amide bonds. The Balaban J connectivity index is 2.68. The zero-order valence-electron chi connectivity index (χ0n) is 9.69. The second kappa shape index (κ2) is 4.92. The highest BCUT2D eigenvalue weighted by molar-refractivity contribution is 7.80. The van der Waals surface area contributed by atoms with Gasteiger partial charge in [-0.25, -0.2) is 0 Å². The largest absolute Gasteiger partial charge is 0.393 e. The monoisotopic (exact) mass is 228 g/mol. The van der Waals surface area contributed by atoms with Crippen LogP contribution in [-0.2, 0) is 4.79 Å². The van der Waals surface area contributed by atoms with Crippen molar-refractivity contribution in [2.45, 2.75) is 27.2 Å². The van der Waals surface area contributed by atoms with Crippen LogP contribution < -0.4 is 5.73 Å². The Morgan fingerprint density at radius 3 is 2.47 bits per heavy atom. The molecule has 1 saturated heterocycles. The van der Waals surface area contributed by atoms with Crippen LogP contribution in [0.2, 0.25) is 0 Å². The van der Waals surface area contributed by atoms with E-state index in [2.05, 4.69) is 6.92 Å². The molecular formula is C11H20N2OS. The number of hydrogen-bond acceptors (Lipinski definition) is 2. The molecule has 3 nitrogen and oxygen atoms in total. The van der Waals surface area contributed by atoms with Gasteiger partial charge in [0.2, 0.25) is 5.91 Å². The number of rotatable bonds is 3. The lowest BCUT2D eigenvalue weighted by Crippen LogP contribution is -2.42. The molecule has 0 radical (unpaired) electrons. The molecule has 1 aliphatic heterocycles. The lowest BCUT2D eigenvalue weighted by molar-refractivity contribution is -0.133. The highest BCUT2D eigenvalue weighted by Gasteiger charge is 2.32. The van der Waals surface area contributed by atoms with Crippen molar-refractivity contribution in [2.75, 3.05) is 13.1 Å². The maximum atomic E-state index is 12.1. The Morgan fingerprint density at radius 2 is 2.13 bits per heavy atom. The molecule has 0 bridgehead atoms. The third-order valence-corrected chi connectivity index (χ3v) is 3.23. The molecule has 0 aliphatic carbocycles. The van der Waals surface area contributed by atoms with E-state index < -0.39 is 0 Å². The van der Waals surface area contributed by atoms with E-state index in [0.717, 1.165) is 19.5 Å². The van der Waals surface area contributed by atoms with E-state index >= 15 is 0 Å². The minimum Gasteiger partial charge on any atom is -0.393 e. The summed E-state index contributed by atoms with van der Waals surface area (Å²) >= 11 is 4.96. The highest BCUT2D eigenvalue weighted by atomic mass is 32.1. The molecule has 0 aromatic heterocycles. The molecule has 2 atom stereocenters. The van der Waals surface area contributed by atoms with E-state index in [4.69, 9.17) is 18.0 Å². The summed E-state index contributed by atoms with van der Waals surface area (Å²) in [5, 5.41) is 0. The maximum absolute atomic E-state index is 12.1. The fourth-order valence-corrected chi connectivity index (χ4v) is 2.44. The number of thiocarbonyl (C=S) groups is 1. The molecule has 15 heavy (non-hydrogen) atoms. The van der Waals surface area contributed by atoms with Gasteiger partial charge in [0.1, 0.15) is 0 Å². The molecule has 1 rings (SSSR count). The topological polar surface area (TPSA) is 46.3 Å². The fourth-order valence-electron chi connectivity index (χ4n) is 2.07. The predicted octanol–water partition coefficient (Wildman–Crippen LogP) is 1.41. The van der Waals surface area contributed by atoms with E-state index in [1.807, 2.05) is 18.7 Å². The summed E-state index contributed by atoms with van der Waals surface area (Å²) in [6, 6.07) is 0. The van der Waals surface area contributed by atoms with Crippen LogP contribution in [0.4, 0.5) is 0 Å². The second-order valence-corrected chi connectivity index (χ2v) is 5.27. The summed E-state index contributed by atoms with van der Waals surface area (Å²) in [4.78, 5) is 14.4. The first kappa shape index (κ1) is 12.4. The first-order valence-electron chi connectivity index (χ1n) is 5.51. The summed E-state index contributed by atoms with van der Waals surface area (Å²) in [7, 11) is 0. The van der Waals surface area contributed by atoms with Crippen molar-refractivity contribution in [1.82, 2.24) is 4.90 Å². The molecule has 0 aromatic carbocycles. The molecule has 0 aromatic rings. The van der Waals surface area contributed by atoms with Crippen LogP contribution in [0, 0.1) is 17.8 Å². The highest BCUT2D eigenvalue weighted by Crippen LogP contribution is 2.21. The fraction of sp³-hybridized carbons (Fsp3) is 0.818. The van der Waals surface area contributed by atoms with E-state index in [1.54, 1.807) is 0 Å². The maximum Gasteiger partial charge on any atom is 0.232 e. The zero-order chi connectivity index (χ0) is 11.6. The number of hydrogen-bond donors (Lipinski definition) is 1. The Hall–Kier alpha value is -0.640. The van der Waals surface area contributed by atoms with Gasteiger partial charge in [-0.3, -0.25) is 4.79 Å². The molecule has 1 fully saturated rings. The number of carbonyl (C=O) groups is 1. The molecule has 1 heterocycles. The van der Waals surface area contributed by atoms with Crippen molar-refractivity contribution >= 4 is 23.1 Å².